The van der Waals surface area contributed by atoms with Crippen molar-refractivity contribution in [1.82, 2.24) is 14.7 Å². The second-order valence-electron chi connectivity index (χ2n) is 19.5. The number of benzene rings is 3. The molecule has 0 radical (unpaired) electrons. The Morgan fingerprint density at radius 1 is 0.600 bits per heavy atom. The first kappa shape index (κ1) is 49.6. The number of esters is 3. The Kier molecular flexibility index (Phi) is 14.5. The first-order chi connectivity index (χ1) is 30.3. The van der Waals surface area contributed by atoms with Crippen molar-refractivity contribution in [3.05, 3.63) is 119 Å². The summed E-state index contributed by atoms with van der Waals surface area (Å²) in [4.78, 5) is 43.2. The van der Waals surface area contributed by atoms with Gasteiger partial charge in [-0.2, -0.15) is 18.2 Å². The van der Waals surface area contributed by atoms with Gasteiger partial charge in [-0.3, -0.25) is 24.3 Å². The summed E-state index contributed by atoms with van der Waals surface area (Å²) in [6, 6.07) is 24.7. The van der Waals surface area contributed by atoms with Crippen molar-refractivity contribution in [1.29, 1.82) is 0 Å². The first-order valence-corrected chi connectivity index (χ1v) is 22.5. The van der Waals surface area contributed by atoms with Crippen LogP contribution in [0.4, 0.5) is 13.2 Å². The third kappa shape index (κ3) is 7.72. The zero-order valence-electron chi connectivity index (χ0n) is 38.2. The van der Waals surface area contributed by atoms with E-state index in [4.69, 9.17) is 14.2 Å². The molecular formula is C51H59BrF3MgN3O6. The molecule has 3 aliphatic heterocycles. The van der Waals surface area contributed by atoms with Crippen LogP contribution in [0.5, 0.6) is 0 Å². The summed E-state index contributed by atoms with van der Waals surface area (Å²) in [5.74, 6) is -0.998. The number of rotatable bonds is 5. The van der Waals surface area contributed by atoms with E-state index in [9.17, 15) is 27.6 Å². The Morgan fingerprint density at radius 2 is 1.00 bits per heavy atom. The molecular weight excluding hydrogens is 912 g/mol. The van der Waals surface area contributed by atoms with Crippen LogP contribution in [-0.2, 0) is 28.6 Å². The average molecular weight is 971 g/mol. The standard InChI is InChI=1S/2C17H20FNO2.C11H15NO2.C6H4F.BrH.Mg/c2*1-19-13-7-8-17(13)9-12(10-3-5-11(18)6-4-10)14(15(17)19)16(20)21-2;1-12-8-4-6-11(8)5-3-7(9(11)12)10(13)14-2;7-6-4-2-1-3-5-6;;/h2*3-6,12-15H,7-9H2,1-2H3;3,8-9H,4-6H2,1-2H3;2-5H;1H;/q;;;-1;;+2/p-1. The topological polar surface area (TPSA) is 88.6 Å². The van der Waals surface area contributed by atoms with Crippen LogP contribution in [0, 0.1) is 51.6 Å². The van der Waals surface area contributed by atoms with E-state index in [-0.39, 0.29) is 99.1 Å². The Bertz CT molecular complexity index is 2150. The van der Waals surface area contributed by atoms with Gasteiger partial charge in [0.2, 0.25) is 0 Å². The number of halogens is 4. The van der Waals surface area contributed by atoms with Gasteiger partial charge in [0.05, 0.1) is 38.7 Å². The van der Waals surface area contributed by atoms with E-state index in [0.29, 0.717) is 46.5 Å². The van der Waals surface area contributed by atoms with Gasteiger partial charge in [0.1, 0.15) is 11.6 Å². The van der Waals surface area contributed by atoms with Gasteiger partial charge in [-0.25, -0.2) is 18.0 Å². The van der Waals surface area contributed by atoms with Crippen LogP contribution in [0.15, 0.2) is 84.4 Å². The van der Waals surface area contributed by atoms with Crippen LogP contribution in [-0.4, -0.2) is 134 Å². The monoisotopic (exact) mass is 969 g/mol. The molecule has 6 aliphatic carbocycles. The SMILES string of the molecule is COC(=O)C1=CCC23CCC2N(C)C13.COC(=O)C1C(c2ccc(F)cc2)CC23CCC2N(C)C13.COC(=O)C1C(c2ccc(F)cc2)CC23CCC2N(C)C13.Fc1cc[c-]cc1.[Br-].[Mg+2]. The molecule has 12 rings (SSSR count). The molecule has 8 fully saturated rings. The number of methoxy groups -OCH3 is 3. The van der Waals surface area contributed by atoms with E-state index in [1.807, 2.05) is 24.3 Å². The molecule has 13 atom stereocenters. The van der Waals surface area contributed by atoms with Crippen LogP contribution >= 0.6 is 0 Å². The largest absolute Gasteiger partial charge is 2.00 e. The van der Waals surface area contributed by atoms with Crippen LogP contribution in [0.1, 0.15) is 80.8 Å². The number of allylic oxidation sites excluding steroid dienone is 1. The third-order valence-electron chi connectivity index (χ3n) is 17.5. The maximum atomic E-state index is 13.2. The van der Waals surface area contributed by atoms with Gasteiger partial charge < -0.3 is 31.2 Å². The van der Waals surface area contributed by atoms with Crippen LogP contribution in [0.25, 0.3) is 0 Å². The van der Waals surface area contributed by atoms with E-state index >= 15 is 0 Å². The summed E-state index contributed by atoms with van der Waals surface area (Å²) in [5.41, 5.74) is 4.05. The molecule has 65 heavy (non-hydrogen) atoms. The third-order valence-corrected chi connectivity index (χ3v) is 17.5. The number of likely N-dealkylation sites (N-methyl/N-ethyl adjacent to an activating group) is 1. The first-order valence-electron chi connectivity index (χ1n) is 22.5. The van der Waals surface area contributed by atoms with Crippen molar-refractivity contribution in [3.8, 4) is 0 Å². The Labute approximate surface area is 407 Å². The minimum atomic E-state index is -0.230. The van der Waals surface area contributed by atoms with Gasteiger partial charge >= 0.3 is 41.0 Å². The van der Waals surface area contributed by atoms with Crippen molar-refractivity contribution in [2.75, 3.05) is 42.5 Å². The quantitative estimate of drug-likeness (QED) is 0.161. The molecule has 9 aliphatic rings. The van der Waals surface area contributed by atoms with Crippen molar-refractivity contribution in [2.24, 2.45) is 28.1 Å². The molecule has 13 unspecified atom stereocenters. The summed E-state index contributed by atoms with van der Waals surface area (Å²) >= 11 is 0. The van der Waals surface area contributed by atoms with E-state index in [1.54, 1.807) is 0 Å². The Hall–Kier alpha value is -3.27. The molecule has 0 amide bonds. The maximum absolute atomic E-state index is 13.2. The minimum Gasteiger partial charge on any atom is -1.00 e. The maximum Gasteiger partial charge on any atom is 2.00 e. The van der Waals surface area contributed by atoms with Gasteiger partial charge in [0.15, 0.2) is 0 Å². The molecule has 3 aromatic rings. The van der Waals surface area contributed by atoms with Crippen LogP contribution in [0.3, 0.4) is 0 Å². The van der Waals surface area contributed by atoms with Gasteiger partial charge in [-0.05, 0) is 126 Å². The van der Waals surface area contributed by atoms with E-state index < -0.39 is 0 Å². The average Bonchev–Trinajstić information content (AvgIpc) is 3.96. The molecule has 3 aromatic carbocycles. The summed E-state index contributed by atoms with van der Waals surface area (Å²) in [6.07, 6.45) is 12.7. The summed E-state index contributed by atoms with van der Waals surface area (Å²) in [5, 5.41) is 0. The molecule has 3 saturated heterocycles. The fourth-order valence-electron chi connectivity index (χ4n) is 14.7. The van der Waals surface area contributed by atoms with Crippen LogP contribution in [0.2, 0.25) is 0 Å². The molecule has 5 saturated carbocycles. The van der Waals surface area contributed by atoms with Gasteiger partial charge in [0.25, 0.3) is 0 Å². The number of hydrogen-bond donors (Lipinski definition) is 0. The predicted molar refractivity (Wildman–Crippen MR) is 235 cm³/mol. The van der Waals surface area contributed by atoms with Gasteiger partial charge in [-0.15, -0.1) is 12.1 Å². The minimum absolute atomic E-state index is 0. The number of nitrogens with zero attached hydrogens (tertiary/aromatic N) is 3. The smallest absolute Gasteiger partial charge is 1.00 e. The van der Waals surface area contributed by atoms with Gasteiger partial charge in [0, 0.05) is 58.3 Å². The van der Waals surface area contributed by atoms with E-state index in [2.05, 4.69) is 48.0 Å². The van der Waals surface area contributed by atoms with Crippen molar-refractivity contribution >= 4 is 41.0 Å². The molecule has 0 bridgehead atoms. The van der Waals surface area contributed by atoms with Crippen LogP contribution < -0.4 is 17.0 Å². The molecule has 0 aromatic heterocycles. The zero-order chi connectivity index (χ0) is 44.6. The molecule has 3 heterocycles. The Morgan fingerprint density at radius 3 is 1.34 bits per heavy atom. The van der Waals surface area contributed by atoms with Gasteiger partial charge in [-0.1, -0.05) is 30.3 Å². The zero-order valence-corrected chi connectivity index (χ0v) is 41.2. The predicted octanol–water partition coefficient (Wildman–Crippen LogP) is 4.33. The molecule has 0 N–H and O–H groups in total. The summed E-state index contributed by atoms with van der Waals surface area (Å²) in [7, 11) is 10.8. The second kappa shape index (κ2) is 19.0. The molecule has 344 valence electrons. The van der Waals surface area contributed by atoms with Crippen molar-refractivity contribution < 1.29 is 58.7 Å². The fraction of sp³-hybridized carbons (Fsp3) is 0.549. The Balaban J connectivity index is 0.000000135. The van der Waals surface area contributed by atoms with Crippen molar-refractivity contribution in [3.63, 3.8) is 0 Å². The number of ether oxygens (including phenoxy) is 3. The number of hydrogen-bond acceptors (Lipinski definition) is 9. The van der Waals surface area contributed by atoms with Crippen molar-refractivity contribution in [2.45, 2.75) is 106 Å². The molecule has 14 heteroatoms. The molecule has 3 spiro atoms. The fourth-order valence-corrected chi connectivity index (χ4v) is 14.7. The molecule has 9 nitrogen and oxygen atoms in total. The number of carbonyl (C=O) groups excluding carboxylic acids is 3. The van der Waals surface area contributed by atoms with E-state index in [1.165, 1.54) is 108 Å². The van der Waals surface area contributed by atoms with E-state index in [0.717, 1.165) is 42.0 Å². The number of likely N-dealkylation sites (tertiary alicyclic amines) is 3. The number of piperidine rings is 3. The second-order valence-corrected chi connectivity index (χ2v) is 19.5. The summed E-state index contributed by atoms with van der Waals surface area (Å²) < 4.78 is 53.2. The summed E-state index contributed by atoms with van der Waals surface area (Å²) in [6.45, 7) is 0. The normalized spacial score (nSPS) is 36.8. The number of carbonyl (C=O) groups is 3.